The lowest BCUT2D eigenvalue weighted by Gasteiger charge is -2.11. The summed E-state index contributed by atoms with van der Waals surface area (Å²) in [5, 5.41) is 3.58. The van der Waals surface area contributed by atoms with E-state index in [1.54, 1.807) is 0 Å². The Morgan fingerprint density at radius 1 is 1.40 bits per heavy atom. The lowest BCUT2D eigenvalue weighted by atomic mass is 10.2. The van der Waals surface area contributed by atoms with Gasteiger partial charge in [0.1, 0.15) is 0 Å². The van der Waals surface area contributed by atoms with Crippen molar-refractivity contribution in [1.82, 2.24) is 10.3 Å². The molecule has 0 amide bonds. The lowest BCUT2D eigenvalue weighted by Crippen LogP contribution is -2.25. The topological polar surface area (TPSA) is 50.9 Å². The minimum absolute atomic E-state index is 0.525. The molecule has 0 bridgehead atoms. The molecule has 3 N–H and O–H groups in total. The van der Waals surface area contributed by atoms with Crippen LogP contribution in [0, 0.1) is 0 Å². The Labute approximate surface area is 91.1 Å². The predicted octanol–water partition coefficient (Wildman–Crippen LogP) is 1.57. The Morgan fingerprint density at radius 3 is 2.93 bits per heavy atom. The Balaban J connectivity index is 1.86. The monoisotopic (exact) mass is 205 g/mol. The zero-order chi connectivity index (χ0) is 10.5. The highest BCUT2D eigenvalue weighted by atomic mass is 14.9. The predicted molar refractivity (Wildman–Crippen MR) is 61.2 cm³/mol. The highest BCUT2D eigenvalue weighted by Crippen LogP contribution is 2.18. The summed E-state index contributed by atoms with van der Waals surface area (Å²) >= 11 is 0. The number of nitrogens with two attached hydrogens (primary N) is 1. The molecule has 0 aliphatic heterocycles. The number of hydrogen-bond acceptors (Lipinski definition) is 3. The van der Waals surface area contributed by atoms with Crippen molar-refractivity contribution < 1.29 is 0 Å². The first-order valence-corrected chi connectivity index (χ1v) is 5.76. The molecule has 1 fully saturated rings. The minimum atomic E-state index is 0.525. The molecular weight excluding hydrogens is 186 g/mol. The third kappa shape index (κ3) is 3.01. The molecule has 82 valence electrons. The summed E-state index contributed by atoms with van der Waals surface area (Å²) in [6.45, 7) is 1.47. The smallest absolute Gasteiger partial charge is 0.0542 e. The molecule has 1 heterocycles. The van der Waals surface area contributed by atoms with Crippen molar-refractivity contribution in [3.05, 3.63) is 29.6 Å². The fraction of sp³-hybridized carbons (Fsp3) is 0.583. The first-order chi connectivity index (χ1) is 7.38. The van der Waals surface area contributed by atoms with Crippen LogP contribution in [0.4, 0.5) is 0 Å². The second kappa shape index (κ2) is 5.24. The van der Waals surface area contributed by atoms with Crippen LogP contribution in [-0.4, -0.2) is 11.0 Å². The van der Waals surface area contributed by atoms with E-state index in [9.17, 15) is 0 Å². The quantitative estimate of drug-likeness (QED) is 0.784. The van der Waals surface area contributed by atoms with E-state index in [2.05, 4.69) is 22.4 Å². The van der Waals surface area contributed by atoms with Crippen LogP contribution in [0.2, 0.25) is 0 Å². The van der Waals surface area contributed by atoms with Gasteiger partial charge in [-0.25, -0.2) is 0 Å². The number of nitrogens with zero attached hydrogens (tertiary/aromatic N) is 1. The van der Waals surface area contributed by atoms with Gasteiger partial charge in [-0.3, -0.25) is 4.98 Å². The zero-order valence-electron chi connectivity index (χ0n) is 9.08. The first-order valence-electron chi connectivity index (χ1n) is 5.76. The second-order valence-corrected chi connectivity index (χ2v) is 4.22. The standard InChI is InChI=1S/C12H19N3/c13-8-12-7-10(5-6-14-12)9-15-11-3-1-2-4-11/h5-7,11,15H,1-4,8-9,13H2. The molecule has 0 spiro atoms. The summed E-state index contributed by atoms with van der Waals surface area (Å²) in [5.74, 6) is 0. The summed E-state index contributed by atoms with van der Waals surface area (Å²) in [7, 11) is 0. The van der Waals surface area contributed by atoms with E-state index in [0.717, 1.165) is 18.3 Å². The summed E-state index contributed by atoms with van der Waals surface area (Å²) in [6.07, 6.45) is 7.25. The van der Waals surface area contributed by atoms with E-state index in [-0.39, 0.29) is 0 Å². The van der Waals surface area contributed by atoms with Crippen LogP contribution in [0.25, 0.3) is 0 Å². The lowest BCUT2D eigenvalue weighted by molar-refractivity contribution is 0.524. The van der Waals surface area contributed by atoms with Crippen LogP contribution in [0.3, 0.4) is 0 Å². The van der Waals surface area contributed by atoms with E-state index < -0.39 is 0 Å². The van der Waals surface area contributed by atoms with Gasteiger partial charge < -0.3 is 11.1 Å². The highest BCUT2D eigenvalue weighted by molar-refractivity contribution is 5.16. The van der Waals surface area contributed by atoms with E-state index >= 15 is 0 Å². The highest BCUT2D eigenvalue weighted by Gasteiger charge is 2.13. The molecule has 0 radical (unpaired) electrons. The van der Waals surface area contributed by atoms with Crippen LogP contribution in [0.5, 0.6) is 0 Å². The van der Waals surface area contributed by atoms with Crippen molar-refractivity contribution in [3.8, 4) is 0 Å². The molecule has 3 heteroatoms. The Morgan fingerprint density at radius 2 is 2.20 bits per heavy atom. The van der Waals surface area contributed by atoms with E-state index in [1.165, 1.54) is 31.2 Å². The molecular formula is C12H19N3. The number of aromatic nitrogens is 1. The normalized spacial score (nSPS) is 17.1. The number of nitrogens with one attached hydrogen (secondary N) is 1. The maximum atomic E-state index is 5.55. The van der Waals surface area contributed by atoms with Crippen LogP contribution in [-0.2, 0) is 13.1 Å². The molecule has 1 aromatic heterocycles. The molecule has 1 aromatic rings. The molecule has 0 aromatic carbocycles. The third-order valence-corrected chi connectivity index (χ3v) is 3.04. The zero-order valence-corrected chi connectivity index (χ0v) is 9.08. The Bertz CT molecular complexity index is 305. The maximum Gasteiger partial charge on any atom is 0.0542 e. The second-order valence-electron chi connectivity index (χ2n) is 4.22. The van der Waals surface area contributed by atoms with Crippen LogP contribution in [0.15, 0.2) is 18.3 Å². The minimum Gasteiger partial charge on any atom is -0.325 e. The van der Waals surface area contributed by atoms with Crippen molar-refractivity contribution in [1.29, 1.82) is 0 Å². The van der Waals surface area contributed by atoms with Gasteiger partial charge in [0, 0.05) is 25.3 Å². The van der Waals surface area contributed by atoms with Gasteiger partial charge in [-0.15, -0.1) is 0 Å². The maximum absolute atomic E-state index is 5.55. The average Bonchev–Trinajstić information content (AvgIpc) is 2.79. The van der Waals surface area contributed by atoms with Gasteiger partial charge >= 0.3 is 0 Å². The summed E-state index contributed by atoms with van der Waals surface area (Å²) in [4.78, 5) is 4.18. The van der Waals surface area contributed by atoms with Crippen LogP contribution < -0.4 is 11.1 Å². The van der Waals surface area contributed by atoms with Crippen molar-refractivity contribution in [2.45, 2.75) is 44.8 Å². The summed E-state index contributed by atoms with van der Waals surface area (Å²) < 4.78 is 0. The third-order valence-electron chi connectivity index (χ3n) is 3.04. The SMILES string of the molecule is NCc1cc(CNC2CCCC2)ccn1. The Hall–Kier alpha value is -0.930. The molecule has 2 rings (SSSR count). The molecule has 1 saturated carbocycles. The summed E-state index contributed by atoms with van der Waals surface area (Å²) in [6, 6.07) is 4.86. The molecule has 1 aliphatic carbocycles. The fourth-order valence-electron chi connectivity index (χ4n) is 2.14. The van der Waals surface area contributed by atoms with Gasteiger partial charge in [-0.1, -0.05) is 12.8 Å². The number of pyridine rings is 1. The van der Waals surface area contributed by atoms with E-state index in [1.807, 2.05) is 6.20 Å². The number of rotatable bonds is 4. The first kappa shape index (κ1) is 10.6. The van der Waals surface area contributed by atoms with Crippen LogP contribution >= 0.6 is 0 Å². The molecule has 3 nitrogen and oxygen atoms in total. The molecule has 15 heavy (non-hydrogen) atoms. The van der Waals surface area contributed by atoms with Crippen molar-refractivity contribution in [3.63, 3.8) is 0 Å². The Kier molecular flexibility index (Phi) is 3.69. The fourth-order valence-corrected chi connectivity index (χ4v) is 2.14. The van der Waals surface area contributed by atoms with Gasteiger partial charge in [0.2, 0.25) is 0 Å². The van der Waals surface area contributed by atoms with Crippen LogP contribution in [0.1, 0.15) is 36.9 Å². The largest absolute Gasteiger partial charge is 0.325 e. The van der Waals surface area contributed by atoms with Gasteiger partial charge in [0.05, 0.1) is 5.69 Å². The van der Waals surface area contributed by atoms with Crippen molar-refractivity contribution in [2.75, 3.05) is 0 Å². The van der Waals surface area contributed by atoms with Gasteiger partial charge in [-0.2, -0.15) is 0 Å². The van der Waals surface area contributed by atoms with Crippen molar-refractivity contribution in [2.24, 2.45) is 5.73 Å². The number of hydrogen-bond donors (Lipinski definition) is 2. The summed E-state index contributed by atoms with van der Waals surface area (Å²) in [5.41, 5.74) is 7.82. The van der Waals surface area contributed by atoms with Gasteiger partial charge in [0.25, 0.3) is 0 Å². The van der Waals surface area contributed by atoms with E-state index in [0.29, 0.717) is 6.54 Å². The van der Waals surface area contributed by atoms with Gasteiger partial charge in [0.15, 0.2) is 0 Å². The van der Waals surface area contributed by atoms with Crippen molar-refractivity contribution >= 4 is 0 Å². The molecule has 0 atom stereocenters. The molecule has 1 aliphatic rings. The molecule has 0 unspecified atom stereocenters. The van der Waals surface area contributed by atoms with Gasteiger partial charge in [-0.05, 0) is 30.5 Å². The molecule has 0 saturated heterocycles. The van der Waals surface area contributed by atoms with E-state index in [4.69, 9.17) is 5.73 Å². The average molecular weight is 205 g/mol.